The molecule has 0 spiro atoms. The number of anilines is 1. The Bertz CT molecular complexity index is 423. The van der Waals surface area contributed by atoms with Crippen molar-refractivity contribution >= 4 is 5.69 Å². The van der Waals surface area contributed by atoms with Crippen molar-refractivity contribution in [2.24, 2.45) is 0 Å². The van der Waals surface area contributed by atoms with E-state index in [-0.39, 0.29) is 0 Å². The number of rotatable bonds is 6. The predicted molar refractivity (Wildman–Crippen MR) is 84.6 cm³/mol. The molecule has 0 atom stereocenters. The van der Waals surface area contributed by atoms with Gasteiger partial charge in [-0.1, -0.05) is 12.1 Å². The van der Waals surface area contributed by atoms with Crippen molar-refractivity contribution < 1.29 is 9.47 Å². The van der Waals surface area contributed by atoms with E-state index in [4.69, 9.17) is 9.47 Å². The SMILES string of the molecule is CCOC1CC(Nc2ccc(CN3CCOCC3)cc2)C1. The van der Waals surface area contributed by atoms with Crippen LogP contribution in [0, 0.1) is 0 Å². The van der Waals surface area contributed by atoms with E-state index in [1.54, 1.807) is 0 Å². The van der Waals surface area contributed by atoms with Crippen molar-refractivity contribution in [2.75, 3.05) is 38.2 Å². The van der Waals surface area contributed by atoms with Gasteiger partial charge in [-0.15, -0.1) is 0 Å². The molecule has 4 heteroatoms. The van der Waals surface area contributed by atoms with Gasteiger partial charge >= 0.3 is 0 Å². The topological polar surface area (TPSA) is 33.7 Å². The Hall–Kier alpha value is -1.10. The van der Waals surface area contributed by atoms with Gasteiger partial charge in [-0.05, 0) is 37.5 Å². The molecule has 0 aromatic heterocycles. The predicted octanol–water partition coefficient (Wildman–Crippen LogP) is 2.50. The van der Waals surface area contributed by atoms with Gasteiger partial charge in [0.25, 0.3) is 0 Å². The highest BCUT2D eigenvalue weighted by atomic mass is 16.5. The van der Waals surface area contributed by atoms with E-state index in [1.165, 1.54) is 11.3 Å². The van der Waals surface area contributed by atoms with Crippen LogP contribution in [0.15, 0.2) is 24.3 Å². The maximum Gasteiger partial charge on any atom is 0.0614 e. The van der Waals surface area contributed by atoms with Crippen molar-refractivity contribution in [3.63, 3.8) is 0 Å². The van der Waals surface area contributed by atoms with Crippen LogP contribution < -0.4 is 5.32 Å². The minimum atomic E-state index is 0.466. The highest BCUT2D eigenvalue weighted by molar-refractivity contribution is 5.46. The number of nitrogens with zero attached hydrogens (tertiary/aromatic N) is 1. The van der Waals surface area contributed by atoms with Crippen LogP contribution >= 0.6 is 0 Å². The van der Waals surface area contributed by atoms with Crippen LogP contribution in [0.5, 0.6) is 0 Å². The fourth-order valence-electron chi connectivity index (χ4n) is 3.01. The van der Waals surface area contributed by atoms with Gasteiger partial charge in [-0.25, -0.2) is 0 Å². The Balaban J connectivity index is 1.44. The molecular weight excluding hydrogens is 264 g/mol. The molecule has 2 fully saturated rings. The summed E-state index contributed by atoms with van der Waals surface area (Å²) in [5.41, 5.74) is 2.60. The molecule has 1 saturated heterocycles. The lowest BCUT2D eigenvalue weighted by Gasteiger charge is -2.36. The maximum atomic E-state index is 5.59. The van der Waals surface area contributed by atoms with Gasteiger partial charge in [0.15, 0.2) is 0 Å². The van der Waals surface area contributed by atoms with E-state index in [2.05, 4.69) is 41.4 Å². The second kappa shape index (κ2) is 7.25. The molecule has 0 unspecified atom stereocenters. The summed E-state index contributed by atoms with van der Waals surface area (Å²) in [5, 5.41) is 3.58. The summed E-state index contributed by atoms with van der Waals surface area (Å²) < 4.78 is 11.0. The molecular formula is C17H26N2O2. The van der Waals surface area contributed by atoms with E-state index < -0.39 is 0 Å². The first kappa shape index (κ1) is 14.8. The maximum absolute atomic E-state index is 5.59. The van der Waals surface area contributed by atoms with E-state index in [1.807, 2.05) is 0 Å². The normalized spacial score (nSPS) is 26.3. The van der Waals surface area contributed by atoms with Gasteiger partial charge in [-0.3, -0.25) is 4.90 Å². The molecule has 0 bridgehead atoms. The molecule has 1 aliphatic carbocycles. The standard InChI is InChI=1S/C17H26N2O2/c1-2-21-17-11-16(12-17)18-15-5-3-14(4-6-15)13-19-7-9-20-10-8-19/h3-6,16-18H,2,7-13H2,1H3. The summed E-state index contributed by atoms with van der Waals surface area (Å²) in [4.78, 5) is 2.45. The molecule has 2 aliphatic rings. The summed E-state index contributed by atoms with van der Waals surface area (Å²) >= 11 is 0. The van der Waals surface area contributed by atoms with E-state index in [0.29, 0.717) is 12.1 Å². The van der Waals surface area contributed by atoms with Gasteiger partial charge in [0.2, 0.25) is 0 Å². The Labute approximate surface area is 127 Å². The van der Waals surface area contributed by atoms with Crippen LogP contribution in [-0.4, -0.2) is 50.0 Å². The van der Waals surface area contributed by atoms with Crippen LogP contribution in [0.4, 0.5) is 5.69 Å². The quantitative estimate of drug-likeness (QED) is 0.873. The lowest BCUT2D eigenvalue weighted by atomic mass is 9.89. The third-order valence-electron chi connectivity index (χ3n) is 4.33. The summed E-state index contributed by atoms with van der Waals surface area (Å²) in [6, 6.07) is 9.44. The molecule has 3 rings (SSSR count). The fourth-order valence-corrected chi connectivity index (χ4v) is 3.01. The average Bonchev–Trinajstić information content (AvgIpc) is 2.48. The lowest BCUT2D eigenvalue weighted by Crippen LogP contribution is -2.40. The Kier molecular flexibility index (Phi) is 5.12. The minimum absolute atomic E-state index is 0.466. The molecule has 1 heterocycles. The van der Waals surface area contributed by atoms with Gasteiger partial charge < -0.3 is 14.8 Å². The average molecular weight is 290 g/mol. The van der Waals surface area contributed by atoms with Crippen LogP contribution in [-0.2, 0) is 16.0 Å². The van der Waals surface area contributed by atoms with E-state index >= 15 is 0 Å². The molecule has 21 heavy (non-hydrogen) atoms. The van der Waals surface area contributed by atoms with Crippen LogP contribution in [0.25, 0.3) is 0 Å². The summed E-state index contributed by atoms with van der Waals surface area (Å²) in [6.45, 7) is 7.73. The highest BCUT2D eigenvalue weighted by Crippen LogP contribution is 2.27. The zero-order valence-corrected chi connectivity index (χ0v) is 12.9. The third-order valence-corrected chi connectivity index (χ3v) is 4.33. The minimum Gasteiger partial charge on any atom is -0.382 e. The Morgan fingerprint density at radius 2 is 1.90 bits per heavy atom. The van der Waals surface area contributed by atoms with Crippen LogP contribution in [0.1, 0.15) is 25.3 Å². The third kappa shape index (κ3) is 4.19. The van der Waals surface area contributed by atoms with Crippen molar-refractivity contribution in [1.29, 1.82) is 0 Å². The molecule has 1 aromatic rings. The zero-order chi connectivity index (χ0) is 14.5. The van der Waals surface area contributed by atoms with Gasteiger partial charge in [-0.2, -0.15) is 0 Å². The van der Waals surface area contributed by atoms with Crippen molar-refractivity contribution in [2.45, 2.75) is 38.5 Å². The van der Waals surface area contributed by atoms with E-state index in [9.17, 15) is 0 Å². The smallest absolute Gasteiger partial charge is 0.0614 e. The fraction of sp³-hybridized carbons (Fsp3) is 0.647. The highest BCUT2D eigenvalue weighted by Gasteiger charge is 2.29. The molecule has 1 saturated carbocycles. The first-order valence-electron chi connectivity index (χ1n) is 8.10. The summed E-state index contributed by atoms with van der Waals surface area (Å²) in [7, 11) is 0. The molecule has 4 nitrogen and oxygen atoms in total. The van der Waals surface area contributed by atoms with Gasteiger partial charge in [0, 0.05) is 38.0 Å². The number of hydrogen-bond acceptors (Lipinski definition) is 4. The number of nitrogens with one attached hydrogen (secondary N) is 1. The van der Waals surface area contributed by atoms with Gasteiger partial charge in [0.1, 0.15) is 0 Å². The van der Waals surface area contributed by atoms with Crippen LogP contribution in [0.2, 0.25) is 0 Å². The first-order valence-corrected chi connectivity index (χ1v) is 8.10. The Morgan fingerprint density at radius 3 is 2.57 bits per heavy atom. The number of ether oxygens (including phenoxy) is 2. The molecule has 0 radical (unpaired) electrons. The second-order valence-electron chi connectivity index (χ2n) is 5.98. The zero-order valence-electron chi connectivity index (χ0n) is 12.9. The van der Waals surface area contributed by atoms with E-state index in [0.717, 1.165) is 52.3 Å². The number of hydrogen-bond donors (Lipinski definition) is 1. The molecule has 1 aliphatic heterocycles. The molecule has 1 N–H and O–H groups in total. The van der Waals surface area contributed by atoms with Crippen molar-refractivity contribution in [3.8, 4) is 0 Å². The molecule has 116 valence electrons. The van der Waals surface area contributed by atoms with Gasteiger partial charge in [0.05, 0.1) is 19.3 Å². The van der Waals surface area contributed by atoms with Crippen molar-refractivity contribution in [3.05, 3.63) is 29.8 Å². The second-order valence-corrected chi connectivity index (χ2v) is 5.98. The largest absolute Gasteiger partial charge is 0.382 e. The summed E-state index contributed by atoms with van der Waals surface area (Å²) in [5.74, 6) is 0. The molecule has 0 amide bonds. The number of benzene rings is 1. The molecule has 1 aromatic carbocycles. The number of morpholine rings is 1. The monoisotopic (exact) mass is 290 g/mol. The first-order chi connectivity index (χ1) is 10.3. The lowest BCUT2D eigenvalue weighted by molar-refractivity contribution is 0.00299. The summed E-state index contributed by atoms with van der Waals surface area (Å²) in [6.07, 6.45) is 2.72. The van der Waals surface area contributed by atoms with Crippen molar-refractivity contribution in [1.82, 2.24) is 4.90 Å². The Morgan fingerprint density at radius 1 is 1.19 bits per heavy atom. The van der Waals surface area contributed by atoms with Crippen LogP contribution in [0.3, 0.4) is 0 Å².